The minimum atomic E-state index is 0.539. The van der Waals surface area contributed by atoms with Crippen LogP contribution in [0.25, 0.3) is 66.1 Å². The Morgan fingerprint density at radius 2 is 0.930 bits per heavy atom. The lowest BCUT2D eigenvalue weighted by Gasteiger charge is -2.10. The average molecular weight is 736 g/mol. The lowest BCUT2D eigenvalue weighted by molar-refractivity contribution is 1.08. The third-order valence-corrected chi connectivity index (χ3v) is 10.5. The Balaban J connectivity index is 0.000000237. The van der Waals surface area contributed by atoms with Crippen molar-refractivity contribution in [3.8, 4) is 22.5 Å². The molecule has 0 aliphatic carbocycles. The van der Waals surface area contributed by atoms with Crippen molar-refractivity contribution in [3.63, 3.8) is 0 Å². The minimum absolute atomic E-state index is 0.539. The van der Waals surface area contributed by atoms with Gasteiger partial charge >= 0.3 is 0 Å². The van der Waals surface area contributed by atoms with Crippen LogP contribution in [0.1, 0.15) is 16.7 Å². The fourth-order valence-electron chi connectivity index (χ4n) is 7.73. The quantitative estimate of drug-likeness (QED) is 0.129. The highest BCUT2D eigenvalue weighted by molar-refractivity contribution is 6.12. The van der Waals surface area contributed by atoms with Gasteiger partial charge in [-0.1, -0.05) is 127 Å². The van der Waals surface area contributed by atoms with E-state index in [-0.39, 0.29) is 0 Å². The maximum atomic E-state index is 6.05. The zero-order valence-corrected chi connectivity index (χ0v) is 31.7. The van der Waals surface area contributed by atoms with Gasteiger partial charge in [-0.05, 0) is 95.1 Å². The van der Waals surface area contributed by atoms with Crippen molar-refractivity contribution in [1.29, 1.82) is 0 Å². The van der Waals surface area contributed by atoms with Crippen LogP contribution in [-0.4, -0.2) is 28.2 Å². The van der Waals surface area contributed by atoms with Crippen LogP contribution >= 0.6 is 0 Å². The summed E-state index contributed by atoms with van der Waals surface area (Å²) in [5.74, 6) is 0.539. The van der Waals surface area contributed by atoms with Crippen molar-refractivity contribution >= 4 is 55.7 Å². The summed E-state index contributed by atoms with van der Waals surface area (Å²) in [6, 6.07) is 70.3. The first-order valence-electron chi connectivity index (χ1n) is 19.2. The van der Waals surface area contributed by atoms with Crippen LogP contribution in [0.15, 0.2) is 210 Å². The highest BCUT2D eigenvalue weighted by atomic mass is 15.0. The first-order chi connectivity index (χ1) is 28.2. The van der Waals surface area contributed by atoms with E-state index in [0.29, 0.717) is 5.84 Å². The van der Waals surface area contributed by atoms with Crippen molar-refractivity contribution in [3.05, 3.63) is 217 Å². The number of nitrogens with zero attached hydrogens (tertiary/aromatic N) is 4. The van der Waals surface area contributed by atoms with Crippen LogP contribution in [0.4, 0.5) is 0 Å². The van der Waals surface area contributed by atoms with Gasteiger partial charge in [0.1, 0.15) is 5.84 Å². The van der Waals surface area contributed by atoms with Crippen LogP contribution in [-0.2, 0) is 6.54 Å². The van der Waals surface area contributed by atoms with Crippen molar-refractivity contribution in [1.82, 2.24) is 9.13 Å². The second-order valence-electron chi connectivity index (χ2n) is 14.0. The molecule has 0 fully saturated rings. The lowest BCUT2D eigenvalue weighted by atomic mass is 10.0. The molecule has 10 aromatic rings. The fourth-order valence-corrected chi connectivity index (χ4v) is 7.73. The largest absolute Gasteiger partial charge is 0.384 e. The van der Waals surface area contributed by atoms with Gasteiger partial charge in [-0.15, -0.1) is 0 Å². The number of amidine groups is 1. The topological polar surface area (TPSA) is 60.6 Å². The second-order valence-corrected chi connectivity index (χ2v) is 14.0. The summed E-state index contributed by atoms with van der Waals surface area (Å²) in [7, 11) is 1.72. The Morgan fingerprint density at radius 3 is 1.47 bits per heavy atom. The van der Waals surface area contributed by atoms with E-state index in [1.807, 2.05) is 54.7 Å². The van der Waals surface area contributed by atoms with Gasteiger partial charge < -0.3 is 14.9 Å². The van der Waals surface area contributed by atoms with Crippen LogP contribution < -0.4 is 5.73 Å². The Morgan fingerprint density at radius 1 is 0.474 bits per heavy atom. The maximum absolute atomic E-state index is 6.05. The third kappa shape index (κ3) is 6.99. The van der Waals surface area contributed by atoms with Gasteiger partial charge in [0, 0.05) is 51.7 Å². The van der Waals surface area contributed by atoms with Crippen molar-refractivity contribution in [2.45, 2.75) is 6.54 Å². The number of fused-ring (bicyclic) bond motifs is 6. The zero-order chi connectivity index (χ0) is 38.6. The number of nitrogens with two attached hydrogens (primary N) is 1. The van der Waals surface area contributed by atoms with Gasteiger partial charge in [-0.3, -0.25) is 9.98 Å². The van der Waals surface area contributed by atoms with E-state index < -0.39 is 0 Å². The van der Waals surface area contributed by atoms with Gasteiger partial charge in [0.2, 0.25) is 0 Å². The molecular formula is C52H41N5. The van der Waals surface area contributed by atoms with E-state index in [1.165, 1.54) is 66.0 Å². The first-order valence-corrected chi connectivity index (χ1v) is 19.2. The predicted octanol–water partition coefficient (Wildman–Crippen LogP) is 12.2. The number of aromatic nitrogens is 2. The summed E-state index contributed by atoms with van der Waals surface area (Å²) >= 11 is 0. The minimum Gasteiger partial charge on any atom is -0.384 e. The Hall–Kier alpha value is -7.50. The molecule has 5 heteroatoms. The molecule has 57 heavy (non-hydrogen) atoms. The van der Waals surface area contributed by atoms with Crippen LogP contribution in [0, 0.1) is 0 Å². The van der Waals surface area contributed by atoms with Crippen LogP contribution in [0.3, 0.4) is 0 Å². The molecule has 0 atom stereocenters. The molecule has 0 saturated heterocycles. The molecule has 2 N–H and O–H groups in total. The third-order valence-electron chi connectivity index (χ3n) is 10.5. The van der Waals surface area contributed by atoms with E-state index >= 15 is 0 Å². The molecule has 274 valence electrons. The van der Waals surface area contributed by atoms with Crippen molar-refractivity contribution < 1.29 is 0 Å². The normalized spacial score (nSPS) is 11.8. The summed E-state index contributed by atoms with van der Waals surface area (Å²) < 4.78 is 4.69. The maximum Gasteiger partial charge on any atom is 0.125 e. The predicted molar refractivity (Wildman–Crippen MR) is 241 cm³/mol. The highest BCUT2D eigenvalue weighted by Gasteiger charge is 2.16. The molecule has 5 nitrogen and oxygen atoms in total. The molecule has 0 saturated carbocycles. The summed E-state index contributed by atoms with van der Waals surface area (Å²) in [5, 5.41) is 4.97. The number of benzene rings is 8. The van der Waals surface area contributed by atoms with Gasteiger partial charge in [0.15, 0.2) is 0 Å². The fraction of sp³-hybridized carbons (Fsp3) is 0.0385. The molecule has 2 heterocycles. The summed E-state index contributed by atoms with van der Waals surface area (Å²) in [6.45, 7) is 0.746. The average Bonchev–Trinajstić information content (AvgIpc) is 3.80. The molecule has 2 aromatic heterocycles. The van der Waals surface area contributed by atoms with E-state index in [1.54, 1.807) is 7.05 Å². The van der Waals surface area contributed by atoms with E-state index in [2.05, 4.69) is 171 Å². The molecule has 10 rings (SSSR count). The number of hydrogen-bond acceptors (Lipinski definition) is 2. The van der Waals surface area contributed by atoms with Gasteiger partial charge in [0.05, 0.1) is 28.6 Å². The van der Waals surface area contributed by atoms with Crippen LogP contribution in [0.5, 0.6) is 0 Å². The molecule has 0 bridgehead atoms. The SMILES string of the molecule is C(=NCc1ccccc1)c1ccccc1.CN=C(N)c1ccc(-n2c3ccccc3c3cc(-c4ccc5c(c4)c4ccccc4n5-c4ccccc4)ccc32)cc1. The lowest BCUT2D eigenvalue weighted by Crippen LogP contribution is -2.12. The highest BCUT2D eigenvalue weighted by Crippen LogP contribution is 2.38. The number of aliphatic imine (C=N–C) groups is 2. The molecule has 8 aromatic carbocycles. The summed E-state index contributed by atoms with van der Waals surface area (Å²) in [5.41, 5.74) is 18.8. The Labute approximate surface area is 332 Å². The monoisotopic (exact) mass is 735 g/mol. The molecular weight excluding hydrogens is 695 g/mol. The summed E-state index contributed by atoms with van der Waals surface area (Å²) in [4.78, 5) is 8.51. The van der Waals surface area contributed by atoms with Gasteiger partial charge in [-0.2, -0.15) is 0 Å². The molecule has 0 aliphatic rings. The molecule has 0 aliphatic heterocycles. The first kappa shape index (κ1) is 35.2. The van der Waals surface area contributed by atoms with E-state index in [9.17, 15) is 0 Å². The zero-order valence-electron chi connectivity index (χ0n) is 31.7. The Bertz CT molecular complexity index is 3030. The van der Waals surface area contributed by atoms with Crippen molar-refractivity contribution in [2.24, 2.45) is 15.7 Å². The van der Waals surface area contributed by atoms with Crippen molar-refractivity contribution in [2.75, 3.05) is 7.05 Å². The number of hydrogen-bond donors (Lipinski definition) is 1. The number of rotatable bonds is 7. The van der Waals surface area contributed by atoms with Gasteiger partial charge in [0.25, 0.3) is 0 Å². The second kappa shape index (κ2) is 15.7. The van der Waals surface area contributed by atoms with E-state index in [0.717, 1.165) is 23.4 Å². The molecule has 0 radical (unpaired) electrons. The molecule has 0 spiro atoms. The van der Waals surface area contributed by atoms with Crippen LogP contribution in [0.2, 0.25) is 0 Å². The summed E-state index contributed by atoms with van der Waals surface area (Å²) in [6.07, 6.45) is 1.91. The van der Waals surface area contributed by atoms with E-state index in [4.69, 9.17) is 5.73 Å². The standard InChI is InChI=1S/C38H28N4.C14H13N/c1-40-38(39)25-15-19-29(20-16-25)42-35-14-8-6-12-31(35)33-24-27(18-22-37(33)42)26-17-21-36-32(23-26)30-11-5-7-13-34(30)41(36)28-9-3-2-4-10-28;1-3-7-13(8-4-1)11-15-12-14-9-5-2-6-10-14/h2-24H,1H3,(H2,39,40);1-11H,12H2. The van der Waals surface area contributed by atoms with Gasteiger partial charge in [-0.25, -0.2) is 0 Å². The molecule has 0 amide bonds. The smallest absolute Gasteiger partial charge is 0.125 e. The number of para-hydroxylation sites is 3. The Kier molecular flexibility index (Phi) is 9.70. The molecule has 0 unspecified atom stereocenters.